The van der Waals surface area contributed by atoms with Gasteiger partial charge in [0.15, 0.2) is 5.82 Å². The number of aromatic nitrogens is 3. The molecule has 80 valence electrons. The number of nitrogens with one attached hydrogen (secondary N) is 1. The summed E-state index contributed by atoms with van der Waals surface area (Å²) in [6.07, 6.45) is 3.12. The summed E-state index contributed by atoms with van der Waals surface area (Å²) in [7, 11) is 0. The van der Waals surface area contributed by atoms with Crippen molar-refractivity contribution in [3.8, 4) is 11.4 Å². The number of amidine groups is 1. The van der Waals surface area contributed by atoms with Crippen LogP contribution >= 0.6 is 0 Å². The normalized spacial score (nSPS) is 10.0. The highest BCUT2D eigenvalue weighted by atomic mass is 14.9. The second-order valence-corrected chi connectivity index (χ2v) is 3.12. The lowest BCUT2D eigenvalue weighted by molar-refractivity contribution is 1.14. The summed E-state index contributed by atoms with van der Waals surface area (Å²) >= 11 is 0. The Morgan fingerprint density at radius 2 is 2.00 bits per heavy atom. The Kier molecular flexibility index (Phi) is 2.47. The molecular weight excluding hydrogens is 204 g/mol. The van der Waals surface area contributed by atoms with Crippen molar-refractivity contribution < 1.29 is 0 Å². The summed E-state index contributed by atoms with van der Waals surface area (Å²) in [6, 6.07) is 5.08. The van der Waals surface area contributed by atoms with Crippen LogP contribution in [0.4, 0.5) is 5.82 Å². The van der Waals surface area contributed by atoms with Gasteiger partial charge in [-0.15, -0.1) is 0 Å². The number of nitrogen functional groups attached to an aromatic ring is 2. The summed E-state index contributed by atoms with van der Waals surface area (Å²) in [4.78, 5) is 12.1. The first-order valence-corrected chi connectivity index (χ1v) is 4.57. The Morgan fingerprint density at radius 1 is 1.19 bits per heavy atom. The predicted molar refractivity (Wildman–Crippen MR) is 60.7 cm³/mol. The largest absolute Gasteiger partial charge is 0.383 e. The molecule has 6 nitrogen and oxygen atoms in total. The molecule has 0 fully saturated rings. The molecule has 16 heavy (non-hydrogen) atoms. The summed E-state index contributed by atoms with van der Waals surface area (Å²) in [5.74, 6) is 0.660. The fourth-order valence-corrected chi connectivity index (χ4v) is 1.25. The Morgan fingerprint density at radius 3 is 2.69 bits per heavy atom. The van der Waals surface area contributed by atoms with E-state index in [9.17, 15) is 0 Å². The topological polar surface area (TPSA) is 115 Å². The smallest absolute Gasteiger partial charge is 0.163 e. The van der Waals surface area contributed by atoms with Crippen LogP contribution in [0.25, 0.3) is 11.4 Å². The summed E-state index contributed by atoms with van der Waals surface area (Å²) in [5.41, 5.74) is 12.0. The van der Waals surface area contributed by atoms with Gasteiger partial charge in [0, 0.05) is 12.4 Å². The molecule has 5 N–H and O–H groups in total. The fraction of sp³-hybridized carbons (Fsp3) is 0. The van der Waals surface area contributed by atoms with Crippen LogP contribution in [0.5, 0.6) is 0 Å². The maximum atomic E-state index is 7.29. The molecule has 0 atom stereocenters. The highest BCUT2D eigenvalue weighted by Crippen LogP contribution is 2.19. The van der Waals surface area contributed by atoms with Gasteiger partial charge in [0.1, 0.15) is 17.3 Å². The fourth-order valence-electron chi connectivity index (χ4n) is 1.25. The van der Waals surface area contributed by atoms with Crippen LogP contribution in [0.1, 0.15) is 5.69 Å². The molecule has 0 spiro atoms. The van der Waals surface area contributed by atoms with Crippen molar-refractivity contribution in [1.82, 2.24) is 15.0 Å². The number of hydrogen-bond acceptors (Lipinski definition) is 5. The molecule has 0 aliphatic carbocycles. The Balaban J connectivity index is 2.53. The average Bonchev–Trinajstić information content (AvgIpc) is 2.30. The van der Waals surface area contributed by atoms with Crippen LogP contribution in [0, 0.1) is 5.41 Å². The van der Waals surface area contributed by atoms with Crippen LogP contribution in [0.2, 0.25) is 0 Å². The minimum absolute atomic E-state index is 0.105. The Hall–Kier alpha value is -2.50. The van der Waals surface area contributed by atoms with E-state index in [1.807, 2.05) is 0 Å². The lowest BCUT2D eigenvalue weighted by atomic mass is 10.2. The number of rotatable bonds is 2. The van der Waals surface area contributed by atoms with E-state index in [1.54, 1.807) is 24.4 Å². The zero-order chi connectivity index (χ0) is 11.5. The molecule has 2 rings (SSSR count). The van der Waals surface area contributed by atoms with Gasteiger partial charge in [0.2, 0.25) is 0 Å². The molecule has 0 aromatic carbocycles. The van der Waals surface area contributed by atoms with Gasteiger partial charge in [0.25, 0.3) is 0 Å². The standard InChI is InChI=1S/C10H10N6/c11-8(12)7-3-5-15-10(16-7)6-2-1-4-14-9(6)13/h1-5H,(H3,11,12)(H2,13,14). The minimum atomic E-state index is -0.105. The van der Waals surface area contributed by atoms with Crippen LogP contribution < -0.4 is 11.5 Å². The molecule has 2 heterocycles. The number of nitrogens with two attached hydrogens (primary N) is 2. The van der Waals surface area contributed by atoms with Crippen molar-refractivity contribution in [2.75, 3.05) is 5.73 Å². The van der Waals surface area contributed by atoms with Crippen molar-refractivity contribution in [2.45, 2.75) is 0 Å². The third-order valence-corrected chi connectivity index (χ3v) is 2.01. The van der Waals surface area contributed by atoms with Crippen LogP contribution in [0.3, 0.4) is 0 Å². The first-order chi connectivity index (χ1) is 7.68. The molecule has 0 saturated heterocycles. The van der Waals surface area contributed by atoms with E-state index in [0.29, 0.717) is 22.9 Å². The zero-order valence-corrected chi connectivity index (χ0v) is 8.38. The third-order valence-electron chi connectivity index (χ3n) is 2.01. The zero-order valence-electron chi connectivity index (χ0n) is 8.38. The number of pyridine rings is 1. The number of hydrogen-bond donors (Lipinski definition) is 3. The van der Waals surface area contributed by atoms with Crippen LogP contribution in [0.15, 0.2) is 30.6 Å². The van der Waals surface area contributed by atoms with Gasteiger partial charge in [-0.25, -0.2) is 15.0 Å². The molecule has 6 heteroatoms. The second kappa shape index (κ2) is 3.93. The van der Waals surface area contributed by atoms with E-state index < -0.39 is 0 Å². The first-order valence-electron chi connectivity index (χ1n) is 4.57. The van der Waals surface area contributed by atoms with Gasteiger partial charge >= 0.3 is 0 Å². The predicted octanol–water partition coefficient (Wildman–Crippen LogP) is 0.405. The highest BCUT2D eigenvalue weighted by Gasteiger charge is 2.07. The summed E-state index contributed by atoms with van der Waals surface area (Å²) in [5, 5.41) is 7.29. The lowest BCUT2D eigenvalue weighted by Crippen LogP contribution is -2.13. The molecule has 0 aliphatic rings. The average molecular weight is 214 g/mol. The Labute approximate surface area is 91.9 Å². The van der Waals surface area contributed by atoms with Gasteiger partial charge in [-0.2, -0.15) is 0 Å². The molecule has 0 amide bonds. The van der Waals surface area contributed by atoms with E-state index in [2.05, 4.69) is 15.0 Å². The molecule has 0 aliphatic heterocycles. The van der Waals surface area contributed by atoms with E-state index in [-0.39, 0.29) is 5.84 Å². The second-order valence-electron chi connectivity index (χ2n) is 3.12. The van der Waals surface area contributed by atoms with Gasteiger partial charge in [-0.05, 0) is 18.2 Å². The van der Waals surface area contributed by atoms with E-state index in [1.165, 1.54) is 6.20 Å². The van der Waals surface area contributed by atoms with Crippen molar-refractivity contribution in [2.24, 2.45) is 5.73 Å². The first kappa shape index (κ1) is 10.0. The molecule has 2 aromatic rings. The van der Waals surface area contributed by atoms with Crippen LogP contribution in [-0.2, 0) is 0 Å². The molecular formula is C10H10N6. The summed E-state index contributed by atoms with van der Waals surface area (Å²) in [6.45, 7) is 0. The molecule has 0 saturated carbocycles. The molecule has 2 aromatic heterocycles. The quantitative estimate of drug-likeness (QED) is 0.494. The van der Waals surface area contributed by atoms with Gasteiger partial charge < -0.3 is 11.5 Å². The molecule has 0 radical (unpaired) electrons. The molecule has 0 unspecified atom stereocenters. The highest BCUT2D eigenvalue weighted by molar-refractivity contribution is 5.93. The monoisotopic (exact) mass is 214 g/mol. The third kappa shape index (κ3) is 1.81. The van der Waals surface area contributed by atoms with E-state index in [4.69, 9.17) is 16.9 Å². The van der Waals surface area contributed by atoms with Crippen LogP contribution in [-0.4, -0.2) is 20.8 Å². The minimum Gasteiger partial charge on any atom is -0.383 e. The maximum Gasteiger partial charge on any atom is 0.163 e. The lowest BCUT2D eigenvalue weighted by Gasteiger charge is -2.04. The van der Waals surface area contributed by atoms with Gasteiger partial charge in [-0.3, -0.25) is 5.41 Å². The van der Waals surface area contributed by atoms with Crippen molar-refractivity contribution in [1.29, 1.82) is 5.41 Å². The van der Waals surface area contributed by atoms with E-state index in [0.717, 1.165) is 0 Å². The van der Waals surface area contributed by atoms with Crippen molar-refractivity contribution in [3.63, 3.8) is 0 Å². The summed E-state index contributed by atoms with van der Waals surface area (Å²) < 4.78 is 0. The van der Waals surface area contributed by atoms with Crippen molar-refractivity contribution >= 4 is 11.7 Å². The number of nitrogens with zero attached hydrogens (tertiary/aromatic N) is 3. The van der Waals surface area contributed by atoms with E-state index >= 15 is 0 Å². The van der Waals surface area contributed by atoms with Gasteiger partial charge in [0.05, 0.1) is 5.56 Å². The molecule has 0 bridgehead atoms. The Bertz CT molecular complexity index is 536. The van der Waals surface area contributed by atoms with Crippen molar-refractivity contribution in [3.05, 3.63) is 36.3 Å². The maximum absolute atomic E-state index is 7.29. The SMILES string of the molecule is N=C(N)c1ccnc(-c2cccnc2N)n1. The van der Waals surface area contributed by atoms with Gasteiger partial charge in [-0.1, -0.05) is 0 Å². The number of anilines is 1.